The molecule has 0 aliphatic heterocycles. The number of amides is 1. The summed E-state index contributed by atoms with van der Waals surface area (Å²) in [6.07, 6.45) is 2.92. The number of nitrogens with one attached hydrogen (secondary N) is 3. The van der Waals surface area contributed by atoms with Gasteiger partial charge in [0.15, 0.2) is 0 Å². The van der Waals surface area contributed by atoms with Gasteiger partial charge in [0.05, 0.1) is 33.4 Å². The summed E-state index contributed by atoms with van der Waals surface area (Å²) in [5.74, 6) is 1.11. The smallest absolute Gasteiger partial charge is 0.247 e. The zero-order chi connectivity index (χ0) is 28.7. The molecule has 3 N–H and O–H groups in total. The van der Waals surface area contributed by atoms with Crippen LogP contribution in [0.4, 0.5) is 34.5 Å². The van der Waals surface area contributed by atoms with Gasteiger partial charge in [-0.05, 0) is 74.3 Å². The molecule has 0 radical (unpaired) electrons. The zero-order valence-corrected chi connectivity index (χ0v) is 26.1. The number of ether oxygens (including phenoxy) is 1. The molecule has 1 amide bonds. The summed E-state index contributed by atoms with van der Waals surface area (Å²) in [6.45, 7) is 8.61. The van der Waals surface area contributed by atoms with E-state index in [9.17, 15) is 9.36 Å². The second kappa shape index (κ2) is 13.3. The summed E-state index contributed by atoms with van der Waals surface area (Å²) in [4.78, 5) is 25.5. The topological polar surface area (TPSA) is 112 Å². The molecule has 0 saturated heterocycles. The molecule has 2 aromatic carbocycles. The monoisotopic (exact) mass is 663 g/mol. The number of methoxy groups -OCH3 is 1. The number of para-hydroxylation sites is 1. The van der Waals surface area contributed by atoms with Crippen LogP contribution in [0.1, 0.15) is 0 Å². The predicted molar refractivity (Wildman–Crippen MR) is 170 cm³/mol. The van der Waals surface area contributed by atoms with Crippen LogP contribution in [-0.2, 0) is 9.36 Å². The Morgan fingerprint density at radius 1 is 1.10 bits per heavy atom. The molecule has 208 valence electrons. The normalized spacial score (nSPS) is 11.2. The Bertz CT molecular complexity index is 1390. The van der Waals surface area contributed by atoms with Crippen molar-refractivity contribution in [3.05, 3.63) is 58.8 Å². The number of halogens is 1. The number of carbonyl (C=O) groups is 1. The van der Waals surface area contributed by atoms with Gasteiger partial charge in [-0.1, -0.05) is 18.7 Å². The number of hydrogen-bond acceptors (Lipinski definition) is 9. The molecule has 12 heteroatoms. The second-order valence-corrected chi connectivity index (χ2v) is 13.8. The van der Waals surface area contributed by atoms with Gasteiger partial charge in [-0.15, -0.1) is 0 Å². The van der Waals surface area contributed by atoms with Crippen molar-refractivity contribution < 1.29 is 14.1 Å². The van der Waals surface area contributed by atoms with Crippen molar-refractivity contribution >= 4 is 75.5 Å². The third kappa shape index (κ3) is 8.17. The van der Waals surface area contributed by atoms with Crippen molar-refractivity contribution in [1.29, 1.82) is 0 Å². The van der Waals surface area contributed by atoms with E-state index in [4.69, 9.17) is 4.74 Å². The molecule has 1 heterocycles. The van der Waals surface area contributed by atoms with Gasteiger partial charge in [0.1, 0.15) is 18.7 Å². The van der Waals surface area contributed by atoms with Crippen LogP contribution in [0.15, 0.2) is 55.3 Å². The lowest BCUT2D eigenvalue weighted by atomic mass is 10.2. The highest BCUT2D eigenvalue weighted by Gasteiger charge is 2.19. The van der Waals surface area contributed by atoms with Gasteiger partial charge in [-0.25, -0.2) is 4.98 Å². The lowest BCUT2D eigenvalue weighted by molar-refractivity contribution is -0.111. The molecule has 0 spiro atoms. The quantitative estimate of drug-likeness (QED) is 0.141. The predicted octanol–water partition coefficient (Wildman–Crippen LogP) is 4.95. The van der Waals surface area contributed by atoms with Crippen molar-refractivity contribution in [2.75, 3.05) is 75.5 Å². The third-order valence-electron chi connectivity index (χ3n) is 5.78. The van der Waals surface area contributed by atoms with Crippen molar-refractivity contribution in [2.45, 2.75) is 0 Å². The summed E-state index contributed by atoms with van der Waals surface area (Å²) in [5, 5.41) is 10.2. The summed E-state index contributed by atoms with van der Waals surface area (Å²) >= 11 is 2.15. The van der Waals surface area contributed by atoms with E-state index >= 15 is 0 Å². The first kappa shape index (κ1) is 30.4. The minimum Gasteiger partial charge on any atom is -0.494 e. The van der Waals surface area contributed by atoms with Crippen LogP contribution < -0.4 is 30.9 Å². The van der Waals surface area contributed by atoms with E-state index in [1.807, 2.05) is 56.4 Å². The van der Waals surface area contributed by atoms with Gasteiger partial charge in [0, 0.05) is 37.7 Å². The SMILES string of the molecule is C=CC(=O)Nc1cc(Nc2ncc(I)c(Nc3ccccc3P(C)(C)=O)n2)c(OC)cc1N(C)CCN(C)C. The number of aromatic nitrogens is 2. The molecule has 0 saturated carbocycles. The van der Waals surface area contributed by atoms with Gasteiger partial charge in [-0.2, -0.15) is 4.98 Å². The summed E-state index contributed by atoms with van der Waals surface area (Å²) < 4.78 is 19.3. The van der Waals surface area contributed by atoms with Gasteiger partial charge in [0.25, 0.3) is 0 Å². The molecule has 0 unspecified atom stereocenters. The average Bonchev–Trinajstić information content (AvgIpc) is 2.89. The largest absolute Gasteiger partial charge is 0.494 e. The summed E-state index contributed by atoms with van der Waals surface area (Å²) in [7, 11) is 5.04. The van der Waals surface area contributed by atoms with Crippen LogP contribution in [0.25, 0.3) is 0 Å². The molecule has 0 bridgehead atoms. The Hall–Kier alpha value is -3.15. The van der Waals surface area contributed by atoms with Gasteiger partial charge in [-0.3, -0.25) is 4.79 Å². The van der Waals surface area contributed by atoms with Crippen LogP contribution in [0.2, 0.25) is 0 Å². The van der Waals surface area contributed by atoms with Crippen LogP contribution in [0.5, 0.6) is 5.75 Å². The molecule has 39 heavy (non-hydrogen) atoms. The second-order valence-electron chi connectivity index (χ2n) is 9.50. The molecular weight excluding hydrogens is 628 g/mol. The standard InChI is InChI=1S/C27H35IN7O3P/c1-8-25(36)30-20-15-21(23(38-5)16-22(20)35(4)14-13-34(2)3)32-27-29-17-18(28)26(33-27)31-19-11-9-10-12-24(19)39(6,7)37/h8-12,15-17H,1,13-14H2,2-7H3,(H,30,36)(H2,29,31,32,33). The summed E-state index contributed by atoms with van der Waals surface area (Å²) in [5.41, 5.74) is 2.68. The molecule has 0 atom stereocenters. The van der Waals surface area contributed by atoms with Crippen LogP contribution in [-0.4, -0.2) is 75.4 Å². The Morgan fingerprint density at radius 2 is 1.82 bits per heavy atom. The van der Waals surface area contributed by atoms with Crippen molar-refractivity contribution in [3.63, 3.8) is 0 Å². The minimum absolute atomic E-state index is 0.319. The Labute approximate surface area is 243 Å². The maximum Gasteiger partial charge on any atom is 0.247 e. The number of likely N-dealkylation sites (N-methyl/N-ethyl adjacent to an activating group) is 2. The van der Waals surface area contributed by atoms with E-state index < -0.39 is 7.14 Å². The maximum absolute atomic E-state index is 12.8. The van der Waals surface area contributed by atoms with Crippen molar-refractivity contribution in [1.82, 2.24) is 14.9 Å². The number of anilines is 6. The molecule has 3 rings (SSSR count). The number of rotatable bonds is 12. The number of benzene rings is 2. The van der Waals surface area contributed by atoms with Crippen molar-refractivity contribution in [2.24, 2.45) is 0 Å². The summed E-state index contributed by atoms with van der Waals surface area (Å²) in [6, 6.07) is 11.1. The fourth-order valence-electron chi connectivity index (χ4n) is 3.72. The van der Waals surface area contributed by atoms with Gasteiger partial charge >= 0.3 is 0 Å². The molecule has 10 nitrogen and oxygen atoms in total. The molecule has 0 fully saturated rings. The third-order valence-corrected chi connectivity index (χ3v) is 8.12. The van der Waals surface area contributed by atoms with E-state index in [2.05, 4.69) is 60.0 Å². The first-order chi connectivity index (χ1) is 18.4. The van der Waals surface area contributed by atoms with E-state index in [1.165, 1.54) is 6.08 Å². The van der Waals surface area contributed by atoms with E-state index in [-0.39, 0.29) is 5.91 Å². The molecular formula is C27H35IN7O3P. The Balaban J connectivity index is 1.99. The van der Waals surface area contributed by atoms with E-state index in [0.717, 1.165) is 33.3 Å². The minimum atomic E-state index is -2.52. The maximum atomic E-state index is 12.8. The van der Waals surface area contributed by atoms with Gasteiger partial charge < -0.3 is 35.1 Å². The Kier molecular flexibility index (Phi) is 10.3. The highest BCUT2D eigenvalue weighted by molar-refractivity contribution is 14.1. The van der Waals surface area contributed by atoms with Crippen LogP contribution >= 0.6 is 29.7 Å². The molecule has 0 aliphatic rings. The first-order valence-corrected chi connectivity index (χ1v) is 15.8. The number of carbonyl (C=O) groups excluding carboxylic acids is 1. The fraction of sp³-hybridized carbons (Fsp3) is 0.296. The van der Waals surface area contributed by atoms with E-state index in [0.29, 0.717) is 28.9 Å². The van der Waals surface area contributed by atoms with E-state index in [1.54, 1.807) is 32.7 Å². The molecule has 1 aromatic heterocycles. The Morgan fingerprint density at radius 3 is 2.46 bits per heavy atom. The molecule has 0 aliphatic carbocycles. The number of hydrogen-bond donors (Lipinski definition) is 3. The molecule has 3 aromatic rings. The van der Waals surface area contributed by atoms with Crippen LogP contribution in [0.3, 0.4) is 0 Å². The fourth-order valence-corrected chi connectivity index (χ4v) is 5.27. The highest BCUT2D eigenvalue weighted by Crippen LogP contribution is 2.39. The van der Waals surface area contributed by atoms with Crippen molar-refractivity contribution in [3.8, 4) is 5.75 Å². The number of nitrogens with zero attached hydrogens (tertiary/aromatic N) is 4. The lowest BCUT2D eigenvalue weighted by Gasteiger charge is -2.26. The first-order valence-electron chi connectivity index (χ1n) is 12.2. The van der Waals surface area contributed by atoms with Gasteiger partial charge in [0.2, 0.25) is 11.9 Å². The highest BCUT2D eigenvalue weighted by atomic mass is 127. The zero-order valence-electron chi connectivity index (χ0n) is 23.1. The van der Waals surface area contributed by atoms with Crippen LogP contribution in [0, 0.1) is 3.57 Å². The average molecular weight is 664 g/mol. The lowest BCUT2D eigenvalue weighted by Crippen LogP contribution is -2.29.